The highest BCUT2D eigenvalue weighted by Gasteiger charge is 2.34. The number of pyridine rings is 1. The Hall–Kier alpha value is -1.76. The fourth-order valence-electron chi connectivity index (χ4n) is 2.15. The zero-order valence-corrected chi connectivity index (χ0v) is 11.4. The fraction of sp³-hybridized carbons (Fsp3) is 0.462. The van der Waals surface area contributed by atoms with Gasteiger partial charge in [0.1, 0.15) is 12.2 Å². The average Bonchev–Trinajstić information content (AvgIpc) is 2.72. The fourth-order valence-corrected chi connectivity index (χ4v) is 2.15. The number of imidazole rings is 1. The van der Waals surface area contributed by atoms with Crippen molar-refractivity contribution in [1.29, 1.82) is 0 Å². The van der Waals surface area contributed by atoms with Gasteiger partial charge in [-0.3, -0.25) is 0 Å². The molecule has 4 nitrogen and oxygen atoms in total. The molecule has 20 heavy (non-hydrogen) atoms. The lowest BCUT2D eigenvalue weighted by molar-refractivity contribution is -0.120. The molecule has 0 saturated carbocycles. The van der Waals surface area contributed by atoms with E-state index < -0.39 is 12.7 Å². The van der Waals surface area contributed by atoms with Crippen molar-refractivity contribution < 1.29 is 13.2 Å². The molecule has 0 atom stereocenters. The van der Waals surface area contributed by atoms with Gasteiger partial charge in [0.05, 0.1) is 5.69 Å². The summed E-state index contributed by atoms with van der Waals surface area (Å²) in [6.07, 6.45) is -2.54. The second-order valence-electron chi connectivity index (χ2n) is 4.85. The minimum absolute atomic E-state index is 0.127. The molecule has 0 saturated heterocycles. The van der Waals surface area contributed by atoms with Crippen LogP contribution in [0, 0.1) is 0 Å². The van der Waals surface area contributed by atoms with E-state index in [-0.39, 0.29) is 12.6 Å². The average molecular weight is 286 g/mol. The normalized spacial score (nSPS) is 12.3. The van der Waals surface area contributed by atoms with E-state index >= 15 is 0 Å². The van der Waals surface area contributed by atoms with Gasteiger partial charge in [-0.25, -0.2) is 4.98 Å². The zero-order chi connectivity index (χ0) is 14.9. The smallest absolute Gasteiger partial charge is 0.344 e. The monoisotopic (exact) mass is 286 g/mol. The molecule has 2 aromatic rings. The van der Waals surface area contributed by atoms with Gasteiger partial charge >= 0.3 is 6.18 Å². The molecule has 0 unspecified atom stereocenters. The summed E-state index contributed by atoms with van der Waals surface area (Å²) in [7, 11) is 0. The molecule has 2 N–H and O–H groups in total. The number of rotatable bonds is 4. The molecule has 2 aromatic heterocycles. The van der Waals surface area contributed by atoms with Crippen LogP contribution >= 0.6 is 0 Å². The molecular formula is C13H17F3N4. The molecule has 2 rings (SSSR count). The van der Waals surface area contributed by atoms with E-state index in [4.69, 9.17) is 5.73 Å². The molecule has 0 bridgehead atoms. The molecule has 0 amide bonds. The lowest BCUT2D eigenvalue weighted by atomic mass is 10.3. The second kappa shape index (κ2) is 5.32. The highest BCUT2D eigenvalue weighted by molar-refractivity contribution is 5.56. The number of nitrogens with zero attached hydrogens (tertiary/aromatic N) is 3. The largest absolute Gasteiger partial charge is 0.405 e. The Labute approximate surface area is 115 Å². The van der Waals surface area contributed by atoms with E-state index in [9.17, 15) is 13.2 Å². The Morgan fingerprint density at radius 2 is 2.05 bits per heavy atom. The van der Waals surface area contributed by atoms with Gasteiger partial charge in [-0.1, -0.05) is 6.07 Å². The number of hydrogen-bond donors (Lipinski definition) is 1. The van der Waals surface area contributed by atoms with Gasteiger partial charge < -0.3 is 15.0 Å². The van der Waals surface area contributed by atoms with Gasteiger partial charge in [0, 0.05) is 18.8 Å². The first kappa shape index (κ1) is 14.6. The summed E-state index contributed by atoms with van der Waals surface area (Å²) in [6, 6.07) is 5.00. The van der Waals surface area contributed by atoms with E-state index in [1.54, 1.807) is 42.6 Å². The predicted molar refractivity (Wildman–Crippen MR) is 71.6 cm³/mol. The van der Waals surface area contributed by atoms with Crippen LogP contribution in [0.2, 0.25) is 0 Å². The van der Waals surface area contributed by atoms with Gasteiger partial charge in [-0.15, -0.1) is 0 Å². The Morgan fingerprint density at radius 3 is 2.60 bits per heavy atom. The highest BCUT2D eigenvalue weighted by atomic mass is 19.4. The third kappa shape index (κ3) is 2.87. The minimum Gasteiger partial charge on any atom is -0.344 e. The number of alkyl halides is 3. The number of hydrogen-bond acceptors (Lipinski definition) is 3. The number of nitrogens with two attached hydrogens (primary N) is 1. The number of aromatic nitrogens is 2. The molecular weight excluding hydrogens is 269 g/mol. The molecule has 2 heterocycles. The summed E-state index contributed by atoms with van der Waals surface area (Å²) in [5.74, 6) is 0.297. The van der Waals surface area contributed by atoms with Gasteiger partial charge in [0.25, 0.3) is 0 Å². The van der Waals surface area contributed by atoms with Crippen molar-refractivity contribution in [2.75, 3.05) is 11.4 Å². The molecule has 0 fully saturated rings. The summed E-state index contributed by atoms with van der Waals surface area (Å²) >= 11 is 0. The summed E-state index contributed by atoms with van der Waals surface area (Å²) in [5, 5.41) is 0. The quantitative estimate of drug-likeness (QED) is 0.939. The molecule has 0 aromatic carbocycles. The van der Waals surface area contributed by atoms with Crippen LogP contribution < -0.4 is 10.6 Å². The van der Waals surface area contributed by atoms with Crippen LogP contribution in [-0.2, 0) is 6.54 Å². The maximum Gasteiger partial charge on any atom is 0.405 e. The first-order chi connectivity index (χ1) is 9.33. The van der Waals surface area contributed by atoms with Crippen LogP contribution in [0.5, 0.6) is 0 Å². The third-order valence-corrected chi connectivity index (χ3v) is 3.05. The van der Waals surface area contributed by atoms with Crippen molar-refractivity contribution in [3.8, 4) is 0 Å². The summed E-state index contributed by atoms with van der Waals surface area (Å²) in [6.45, 7) is 2.50. The minimum atomic E-state index is -4.29. The third-order valence-electron chi connectivity index (χ3n) is 3.05. The van der Waals surface area contributed by atoms with Crippen molar-refractivity contribution in [2.45, 2.75) is 32.6 Å². The number of fused-ring (bicyclic) bond motifs is 1. The predicted octanol–water partition coefficient (Wildman–Crippen LogP) is 2.57. The summed E-state index contributed by atoms with van der Waals surface area (Å²) < 4.78 is 39.9. The summed E-state index contributed by atoms with van der Waals surface area (Å²) in [4.78, 5) is 5.53. The molecule has 0 aliphatic rings. The van der Waals surface area contributed by atoms with Crippen LogP contribution in [0.15, 0.2) is 24.4 Å². The Bertz CT molecular complexity index is 589. The SMILES string of the molecule is CC(C)N(CC(F)(F)F)c1nc2ccccn2c1CN. The van der Waals surface area contributed by atoms with Crippen molar-refractivity contribution in [1.82, 2.24) is 9.38 Å². The standard InChI is InChI=1S/C13H17F3N4/c1-9(2)20(8-13(14,15)16)12-10(7-17)19-6-4-3-5-11(19)18-12/h3-6,9H,7-8,17H2,1-2H3. The van der Waals surface area contributed by atoms with Crippen molar-refractivity contribution in [3.63, 3.8) is 0 Å². The number of halogens is 3. The summed E-state index contributed by atoms with van der Waals surface area (Å²) in [5.41, 5.74) is 6.87. The molecule has 110 valence electrons. The van der Waals surface area contributed by atoms with Crippen LogP contribution in [-0.4, -0.2) is 28.1 Å². The van der Waals surface area contributed by atoms with Gasteiger partial charge in [-0.2, -0.15) is 13.2 Å². The van der Waals surface area contributed by atoms with Crippen LogP contribution in [0.4, 0.5) is 19.0 Å². The zero-order valence-electron chi connectivity index (χ0n) is 11.4. The lowest BCUT2D eigenvalue weighted by Gasteiger charge is -2.28. The maximum absolute atomic E-state index is 12.7. The van der Waals surface area contributed by atoms with Crippen molar-refractivity contribution in [2.24, 2.45) is 5.73 Å². The first-order valence-corrected chi connectivity index (χ1v) is 6.33. The lowest BCUT2D eigenvalue weighted by Crippen LogP contribution is -2.40. The molecule has 0 radical (unpaired) electrons. The van der Waals surface area contributed by atoms with Crippen LogP contribution in [0.1, 0.15) is 19.5 Å². The van der Waals surface area contributed by atoms with Gasteiger partial charge in [0.15, 0.2) is 5.82 Å². The van der Waals surface area contributed by atoms with E-state index in [0.29, 0.717) is 17.2 Å². The van der Waals surface area contributed by atoms with Crippen molar-refractivity contribution >= 4 is 11.5 Å². The Morgan fingerprint density at radius 1 is 1.35 bits per heavy atom. The molecule has 7 heteroatoms. The first-order valence-electron chi connectivity index (χ1n) is 6.33. The Kier molecular flexibility index (Phi) is 3.89. The maximum atomic E-state index is 12.7. The molecule has 0 aliphatic carbocycles. The topological polar surface area (TPSA) is 46.6 Å². The van der Waals surface area contributed by atoms with Crippen LogP contribution in [0.25, 0.3) is 5.65 Å². The van der Waals surface area contributed by atoms with E-state index in [1.165, 1.54) is 4.90 Å². The van der Waals surface area contributed by atoms with Crippen LogP contribution in [0.3, 0.4) is 0 Å². The second-order valence-corrected chi connectivity index (χ2v) is 4.85. The van der Waals surface area contributed by atoms with Gasteiger partial charge in [0.2, 0.25) is 0 Å². The highest BCUT2D eigenvalue weighted by Crippen LogP contribution is 2.27. The van der Waals surface area contributed by atoms with E-state index in [2.05, 4.69) is 4.98 Å². The van der Waals surface area contributed by atoms with Gasteiger partial charge in [-0.05, 0) is 26.0 Å². The number of anilines is 1. The molecule has 0 aliphatic heterocycles. The van der Waals surface area contributed by atoms with E-state index in [0.717, 1.165) is 0 Å². The van der Waals surface area contributed by atoms with Crippen molar-refractivity contribution in [3.05, 3.63) is 30.1 Å². The van der Waals surface area contributed by atoms with E-state index in [1.807, 2.05) is 0 Å². The Balaban J connectivity index is 2.53. The molecule has 0 spiro atoms.